The van der Waals surface area contributed by atoms with Crippen molar-refractivity contribution in [3.05, 3.63) is 23.2 Å². The van der Waals surface area contributed by atoms with Gasteiger partial charge in [-0.2, -0.15) is 0 Å². The van der Waals surface area contributed by atoms with Crippen LogP contribution in [0.15, 0.2) is 18.2 Å². The molecule has 0 saturated carbocycles. The molecular weight excluding hydrogens is 210 g/mol. The molecule has 0 aliphatic carbocycles. The standard InChI is InChI=1S/C11H14ClN3/c1-3-7(2)15-10-5-4-8(12)6-9(10)14-11(15)13/h4-7H,3H2,1-2H3,(H2,13,14). The molecule has 2 rings (SSSR count). The fourth-order valence-corrected chi connectivity index (χ4v) is 1.90. The zero-order valence-corrected chi connectivity index (χ0v) is 9.62. The zero-order chi connectivity index (χ0) is 11.0. The number of nitrogen functional groups attached to an aromatic ring is 1. The lowest BCUT2D eigenvalue weighted by Gasteiger charge is -2.13. The third-order valence-electron chi connectivity index (χ3n) is 2.71. The quantitative estimate of drug-likeness (QED) is 0.850. The molecule has 2 aromatic rings. The molecule has 3 nitrogen and oxygen atoms in total. The van der Waals surface area contributed by atoms with E-state index in [0.29, 0.717) is 17.0 Å². The van der Waals surface area contributed by atoms with Gasteiger partial charge in [0, 0.05) is 11.1 Å². The molecule has 1 aromatic carbocycles. The molecule has 1 atom stereocenters. The minimum atomic E-state index is 0.358. The van der Waals surface area contributed by atoms with Gasteiger partial charge in [-0.05, 0) is 31.5 Å². The SMILES string of the molecule is CCC(C)n1c(N)nc2cc(Cl)ccc21. The minimum absolute atomic E-state index is 0.358. The van der Waals surface area contributed by atoms with Crippen LogP contribution < -0.4 is 5.73 Å². The summed E-state index contributed by atoms with van der Waals surface area (Å²) < 4.78 is 2.05. The Morgan fingerprint density at radius 1 is 1.53 bits per heavy atom. The van der Waals surface area contributed by atoms with Gasteiger partial charge in [0.15, 0.2) is 0 Å². The van der Waals surface area contributed by atoms with Gasteiger partial charge < -0.3 is 10.3 Å². The van der Waals surface area contributed by atoms with E-state index in [2.05, 4.69) is 18.8 Å². The maximum Gasteiger partial charge on any atom is 0.201 e. The maximum atomic E-state index is 5.90. The van der Waals surface area contributed by atoms with Gasteiger partial charge in [0.25, 0.3) is 0 Å². The van der Waals surface area contributed by atoms with Gasteiger partial charge in [0.05, 0.1) is 11.0 Å². The van der Waals surface area contributed by atoms with Crippen LogP contribution in [0, 0.1) is 0 Å². The topological polar surface area (TPSA) is 43.8 Å². The number of nitrogens with zero attached hydrogens (tertiary/aromatic N) is 2. The average molecular weight is 224 g/mol. The first-order chi connectivity index (χ1) is 7.13. The van der Waals surface area contributed by atoms with Crippen LogP contribution in [0.25, 0.3) is 11.0 Å². The van der Waals surface area contributed by atoms with Crippen molar-refractivity contribution in [2.45, 2.75) is 26.3 Å². The number of hydrogen-bond acceptors (Lipinski definition) is 2. The molecule has 0 fully saturated rings. The maximum absolute atomic E-state index is 5.90. The van der Waals surface area contributed by atoms with E-state index in [-0.39, 0.29) is 0 Å². The summed E-state index contributed by atoms with van der Waals surface area (Å²) >= 11 is 5.90. The van der Waals surface area contributed by atoms with Gasteiger partial charge >= 0.3 is 0 Å². The van der Waals surface area contributed by atoms with Gasteiger partial charge in [-0.3, -0.25) is 0 Å². The highest BCUT2D eigenvalue weighted by Gasteiger charge is 2.12. The number of aromatic nitrogens is 2. The van der Waals surface area contributed by atoms with Crippen molar-refractivity contribution in [2.24, 2.45) is 0 Å². The molecule has 0 spiro atoms. The molecule has 1 heterocycles. The van der Waals surface area contributed by atoms with Crippen LogP contribution in [-0.2, 0) is 0 Å². The van der Waals surface area contributed by atoms with Crippen LogP contribution in [0.1, 0.15) is 26.3 Å². The van der Waals surface area contributed by atoms with Gasteiger partial charge in [0.1, 0.15) is 0 Å². The molecule has 0 aliphatic heterocycles. The highest BCUT2D eigenvalue weighted by Crippen LogP contribution is 2.26. The minimum Gasteiger partial charge on any atom is -0.369 e. The van der Waals surface area contributed by atoms with E-state index in [1.807, 2.05) is 22.8 Å². The van der Waals surface area contributed by atoms with Gasteiger partial charge in [-0.1, -0.05) is 18.5 Å². The summed E-state index contributed by atoms with van der Waals surface area (Å²) in [6.07, 6.45) is 1.03. The summed E-state index contributed by atoms with van der Waals surface area (Å²) in [7, 11) is 0. The number of halogens is 1. The van der Waals surface area contributed by atoms with E-state index < -0.39 is 0 Å². The van der Waals surface area contributed by atoms with E-state index in [4.69, 9.17) is 17.3 Å². The molecule has 2 N–H and O–H groups in total. The molecule has 0 aliphatic rings. The second kappa shape index (κ2) is 3.74. The van der Waals surface area contributed by atoms with Crippen LogP contribution in [0.2, 0.25) is 5.02 Å². The summed E-state index contributed by atoms with van der Waals surface area (Å²) in [5.41, 5.74) is 7.80. The molecule has 0 radical (unpaired) electrons. The van der Waals surface area contributed by atoms with Crippen LogP contribution >= 0.6 is 11.6 Å². The van der Waals surface area contributed by atoms with Crippen LogP contribution in [-0.4, -0.2) is 9.55 Å². The Bertz CT molecular complexity index is 490. The van der Waals surface area contributed by atoms with Crippen molar-refractivity contribution in [1.29, 1.82) is 0 Å². The summed E-state index contributed by atoms with van der Waals surface area (Å²) in [4.78, 5) is 4.30. The Morgan fingerprint density at radius 2 is 2.27 bits per heavy atom. The summed E-state index contributed by atoms with van der Waals surface area (Å²) in [6, 6.07) is 6.03. The second-order valence-corrected chi connectivity index (χ2v) is 4.17. The molecule has 0 saturated heterocycles. The number of nitrogens with two attached hydrogens (primary N) is 1. The highest BCUT2D eigenvalue weighted by molar-refractivity contribution is 6.31. The normalized spacial score (nSPS) is 13.3. The Labute approximate surface area is 93.9 Å². The van der Waals surface area contributed by atoms with E-state index in [1.54, 1.807) is 0 Å². The molecule has 0 bridgehead atoms. The first-order valence-electron chi connectivity index (χ1n) is 5.06. The van der Waals surface area contributed by atoms with Crippen molar-refractivity contribution in [1.82, 2.24) is 9.55 Å². The van der Waals surface area contributed by atoms with Crippen molar-refractivity contribution in [2.75, 3.05) is 5.73 Å². The molecule has 4 heteroatoms. The smallest absolute Gasteiger partial charge is 0.201 e. The summed E-state index contributed by atoms with van der Waals surface area (Å²) in [5.74, 6) is 0.557. The Kier molecular flexibility index (Phi) is 2.57. The van der Waals surface area contributed by atoms with E-state index in [9.17, 15) is 0 Å². The molecule has 1 unspecified atom stereocenters. The predicted molar refractivity (Wildman–Crippen MR) is 64.2 cm³/mol. The first kappa shape index (κ1) is 10.3. The van der Waals surface area contributed by atoms with Gasteiger partial charge in [-0.25, -0.2) is 4.98 Å². The number of anilines is 1. The molecular formula is C11H14ClN3. The van der Waals surface area contributed by atoms with Crippen LogP contribution in [0.5, 0.6) is 0 Å². The monoisotopic (exact) mass is 223 g/mol. The van der Waals surface area contributed by atoms with Crippen molar-refractivity contribution < 1.29 is 0 Å². The van der Waals surface area contributed by atoms with Crippen molar-refractivity contribution in [3.8, 4) is 0 Å². The number of hydrogen-bond donors (Lipinski definition) is 1. The molecule has 0 amide bonds. The lowest BCUT2D eigenvalue weighted by Crippen LogP contribution is -2.07. The molecule has 15 heavy (non-hydrogen) atoms. The fraction of sp³-hybridized carbons (Fsp3) is 0.364. The van der Waals surface area contributed by atoms with Crippen LogP contribution in [0.4, 0.5) is 5.95 Å². The first-order valence-corrected chi connectivity index (χ1v) is 5.44. The summed E-state index contributed by atoms with van der Waals surface area (Å²) in [5, 5.41) is 0.691. The van der Waals surface area contributed by atoms with Gasteiger partial charge in [0.2, 0.25) is 5.95 Å². The van der Waals surface area contributed by atoms with E-state index >= 15 is 0 Å². The fourth-order valence-electron chi connectivity index (χ4n) is 1.74. The number of rotatable bonds is 2. The largest absolute Gasteiger partial charge is 0.369 e. The van der Waals surface area contributed by atoms with Crippen molar-refractivity contribution >= 4 is 28.6 Å². The zero-order valence-electron chi connectivity index (χ0n) is 8.87. The Balaban J connectivity index is 2.68. The number of imidazole rings is 1. The third kappa shape index (κ3) is 1.67. The number of benzene rings is 1. The molecule has 80 valence electrons. The van der Waals surface area contributed by atoms with Gasteiger partial charge in [-0.15, -0.1) is 0 Å². The Hall–Kier alpha value is -1.22. The predicted octanol–water partition coefficient (Wildman–Crippen LogP) is 3.24. The highest BCUT2D eigenvalue weighted by atomic mass is 35.5. The number of fused-ring (bicyclic) bond motifs is 1. The third-order valence-corrected chi connectivity index (χ3v) is 2.95. The average Bonchev–Trinajstić information content (AvgIpc) is 2.52. The Morgan fingerprint density at radius 3 is 2.93 bits per heavy atom. The molecule has 1 aromatic heterocycles. The van der Waals surface area contributed by atoms with E-state index in [0.717, 1.165) is 17.5 Å². The lowest BCUT2D eigenvalue weighted by atomic mass is 10.2. The van der Waals surface area contributed by atoms with Crippen molar-refractivity contribution in [3.63, 3.8) is 0 Å². The lowest BCUT2D eigenvalue weighted by molar-refractivity contribution is 0.552. The second-order valence-electron chi connectivity index (χ2n) is 3.73. The summed E-state index contributed by atoms with van der Waals surface area (Å²) in [6.45, 7) is 4.26. The van der Waals surface area contributed by atoms with Crippen LogP contribution in [0.3, 0.4) is 0 Å². The van der Waals surface area contributed by atoms with E-state index in [1.165, 1.54) is 0 Å².